The second-order valence-electron chi connectivity index (χ2n) is 11.7. The minimum absolute atomic E-state index is 0.0154. The zero-order valence-electron chi connectivity index (χ0n) is 22.3. The number of nitrogens with zero attached hydrogens (tertiary/aromatic N) is 2. The Morgan fingerprint density at radius 2 is 1.97 bits per heavy atom. The molecule has 7 heteroatoms. The van der Waals surface area contributed by atoms with Crippen LogP contribution in [0.4, 0.5) is 0 Å². The Morgan fingerprint density at radius 1 is 1.20 bits per heavy atom. The molecule has 0 radical (unpaired) electrons. The largest absolute Gasteiger partial charge is 0.382 e. The van der Waals surface area contributed by atoms with Gasteiger partial charge in [-0.05, 0) is 100 Å². The molecule has 0 spiro atoms. The van der Waals surface area contributed by atoms with E-state index in [1.807, 2.05) is 30.7 Å². The molecule has 6 nitrogen and oxygen atoms in total. The van der Waals surface area contributed by atoms with Gasteiger partial charge in [0.15, 0.2) is 5.11 Å². The second kappa shape index (κ2) is 10.5. The molecule has 0 saturated heterocycles. The minimum Gasteiger partial charge on any atom is -0.382 e. The number of amides is 2. The highest BCUT2D eigenvalue weighted by molar-refractivity contribution is 7.80. The van der Waals surface area contributed by atoms with Crippen LogP contribution in [-0.2, 0) is 14.3 Å². The number of likely N-dealkylation sites (N-methyl/N-ethyl adjacent to an activating group) is 1. The van der Waals surface area contributed by atoms with E-state index in [1.54, 1.807) is 6.08 Å². The van der Waals surface area contributed by atoms with Crippen molar-refractivity contribution in [3.05, 3.63) is 12.2 Å². The molecule has 3 fully saturated rings. The predicted octanol–water partition coefficient (Wildman–Crippen LogP) is 4.39. The lowest BCUT2D eigenvalue weighted by molar-refractivity contribution is -0.145. The first-order chi connectivity index (χ1) is 16.7. The van der Waals surface area contributed by atoms with Crippen LogP contribution in [-0.4, -0.2) is 66.1 Å². The highest BCUT2D eigenvalue weighted by Gasteiger charge is 2.61. The molecule has 196 valence electrons. The zero-order valence-corrected chi connectivity index (χ0v) is 23.2. The summed E-state index contributed by atoms with van der Waals surface area (Å²) in [7, 11) is 1.97. The van der Waals surface area contributed by atoms with Crippen molar-refractivity contribution in [3.63, 3.8) is 0 Å². The molecule has 2 amide bonds. The fraction of sp³-hybridized carbons (Fsp3) is 0.821. The summed E-state index contributed by atoms with van der Waals surface area (Å²) in [6, 6.07) is 0.294. The summed E-state index contributed by atoms with van der Waals surface area (Å²) in [5.41, 5.74) is 0.0501. The minimum atomic E-state index is 0.0154. The van der Waals surface area contributed by atoms with Crippen LogP contribution in [0.5, 0.6) is 0 Å². The molecule has 0 aromatic heterocycles. The number of ether oxygens (including phenoxy) is 1. The Kier molecular flexibility index (Phi) is 7.97. The van der Waals surface area contributed by atoms with E-state index in [2.05, 4.69) is 25.2 Å². The van der Waals surface area contributed by atoms with Crippen LogP contribution in [0.15, 0.2) is 12.2 Å². The van der Waals surface area contributed by atoms with Crippen LogP contribution in [0.25, 0.3) is 0 Å². The van der Waals surface area contributed by atoms with E-state index < -0.39 is 0 Å². The number of nitrogens with one attached hydrogen (secondary N) is 1. The topological polar surface area (TPSA) is 61.9 Å². The van der Waals surface area contributed by atoms with Crippen LogP contribution in [0.1, 0.15) is 72.6 Å². The number of thiocarbonyl (C=S) groups is 1. The summed E-state index contributed by atoms with van der Waals surface area (Å²) in [5.74, 6) is 2.12. The molecular formula is C28H45N3O3S. The number of carbonyl (C=O) groups is 2. The van der Waals surface area contributed by atoms with Gasteiger partial charge in [0, 0.05) is 50.7 Å². The zero-order chi connectivity index (χ0) is 25.4. The molecule has 35 heavy (non-hydrogen) atoms. The molecule has 1 aliphatic heterocycles. The van der Waals surface area contributed by atoms with E-state index in [9.17, 15) is 9.59 Å². The smallest absolute Gasteiger partial charge is 0.246 e. The lowest BCUT2D eigenvalue weighted by Crippen LogP contribution is -2.60. The predicted molar refractivity (Wildman–Crippen MR) is 143 cm³/mol. The maximum atomic E-state index is 14.0. The van der Waals surface area contributed by atoms with Crippen molar-refractivity contribution in [3.8, 4) is 0 Å². The molecule has 2 unspecified atom stereocenters. The fourth-order valence-corrected chi connectivity index (χ4v) is 8.69. The van der Waals surface area contributed by atoms with Gasteiger partial charge in [-0.3, -0.25) is 14.5 Å². The van der Waals surface area contributed by atoms with Gasteiger partial charge in [0.1, 0.15) is 0 Å². The Labute approximate surface area is 217 Å². The molecule has 1 heterocycles. The lowest BCUT2D eigenvalue weighted by atomic mass is 9.47. The Balaban J connectivity index is 1.53. The van der Waals surface area contributed by atoms with Gasteiger partial charge >= 0.3 is 0 Å². The maximum absolute atomic E-state index is 14.0. The van der Waals surface area contributed by atoms with Crippen molar-refractivity contribution in [2.24, 2.45) is 34.5 Å². The van der Waals surface area contributed by atoms with Gasteiger partial charge in [-0.2, -0.15) is 0 Å². The van der Waals surface area contributed by atoms with E-state index in [4.69, 9.17) is 17.0 Å². The summed E-state index contributed by atoms with van der Waals surface area (Å²) in [6.07, 6.45) is 11.3. The molecule has 0 bridgehead atoms. The van der Waals surface area contributed by atoms with Crippen LogP contribution in [0, 0.1) is 34.5 Å². The SMILES string of the molecule is CCNC(=S)N(CCCOCC)C(=O)C1CC[C@H]2[C@@H]3CCC4N(C)C(=O)C=C[C@]4(C)[C@@H]3CC[C@]12C. The van der Waals surface area contributed by atoms with Crippen molar-refractivity contribution in [1.82, 2.24) is 15.1 Å². The molecule has 0 aromatic rings. The van der Waals surface area contributed by atoms with Crippen molar-refractivity contribution >= 4 is 29.1 Å². The van der Waals surface area contributed by atoms with Crippen LogP contribution in [0.3, 0.4) is 0 Å². The molecular weight excluding hydrogens is 458 g/mol. The summed E-state index contributed by atoms with van der Waals surface area (Å²) < 4.78 is 5.53. The quantitative estimate of drug-likeness (QED) is 0.412. The van der Waals surface area contributed by atoms with E-state index in [1.165, 1.54) is 0 Å². The first-order valence-electron chi connectivity index (χ1n) is 13.8. The molecule has 7 atom stereocenters. The van der Waals surface area contributed by atoms with Crippen LogP contribution < -0.4 is 5.32 Å². The Hall–Kier alpha value is -1.47. The number of hydrogen-bond acceptors (Lipinski definition) is 4. The molecule has 4 aliphatic rings. The summed E-state index contributed by atoms with van der Waals surface area (Å²) >= 11 is 5.65. The number of rotatable bonds is 7. The van der Waals surface area contributed by atoms with Crippen molar-refractivity contribution in [2.75, 3.05) is 33.4 Å². The van der Waals surface area contributed by atoms with E-state index in [-0.39, 0.29) is 28.6 Å². The van der Waals surface area contributed by atoms with Crippen LogP contribution >= 0.6 is 12.2 Å². The van der Waals surface area contributed by atoms with E-state index in [0.29, 0.717) is 55.2 Å². The van der Waals surface area contributed by atoms with Crippen molar-refractivity contribution in [1.29, 1.82) is 0 Å². The summed E-state index contributed by atoms with van der Waals surface area (Å²) in [4.78, 5) is 30.2. The maximum Gasteiger partial charge on any atom is 0.246 e. The van der Waals surface area contributed by atoms with E-state index in [0.717, 1.165) is 44.9 Å². The van der Waals surface area contributed by atoms with Gasteiger partial charge < -0.3 is 15.0 Å². The number of carbonyl (C=O) groups excluding carboxylic acids is 2. The second-order valence-corrected chi connectivity index (χ2v) is 12.1. The van der Waals surface area contributed by atoms with Gasteiger partial charge in [0.25, 0.3) is 0 Å². The monoisotopic (exact) mass is 503 g/mol. The highest BCUT2D eigenvalue weighted by Crippen LogP contribution is 2.65. The fourth-order valence-electron chi connectivity index (χ4n) is 8.36. The Morgan fingerprint density at radius 3 is 2.69 bits per heavy atom. The summed E-state index contributed by atoms with van der Waals surface area (Å²) in [5, 5.41) is 3.78. The number of fused-ring (bicyclic) bond motifs is 5. The normalized spacial score (nSPS) is 37.9. The lowest BCUT2D eigenvalue weighted by Gasteiger charge is -2.60. The average molecular weight is 504 g/mol. The van der Waals surface area contributed by atoms with E-state index >= 15 is 0 Å². The van der Waals surface area contributed by atoms with Crippen molar-refractivity contribution in [2.45, 2.75) is 78.7 Å². The first kappa shape index (κ1) is 26.6. The summed E-state index contributed by atoms with van der Waals surface area (Å²) in [6.45, 7) is 11.4. The van der Waals surface area contributed by atoms with Crippen molar-refractivity contribution < 1.29 is 14.3 Å². The Bertz CT molecular complexity index is 862. The first-order valence-corrected chi connectivity index (χ1v) is 14.2. The van der Waals surface area contributed by atoms with Gasteiger partial charge in [-0.15, -0.1) is 0 Å². The third-order valence-electron chi connectivity index (χ3n) is 10.1. The third-order valence-corrected chi connectivity index (χ3v) is 10.5. The van der Waals surface area contributed by atoms with Crippen LogP contribution in [0.2, 0.25) is 0 Å². The van der Waals surface area contributed by atoms with Gasteiger partial charge in [-0.1, -0.05) is 19.9 Å². The molecule has 3 aliphatic carbocycles. The molecule has 0 aromatic carbocycles. The van der Waals surface area contributed by atoms with Gasteiger partial charge in [0.2, 0.25) is 11.8 Å². The average Bonchev–Trinajstić information content (AvgIpc) is 3.19. The third kappa shape index (κ3) is 4.56. The molecule has 1 N–H and O–H groups in total. The molecule has 3 saturated carbocycles. The van der Waals surface area contributed by atoms with Gasteiger partial charge in [0.05, 0.1) is 0 Å². The highest BCUT2D eigenvalue weighted by atomic mass is 32.1. The van der Waals surface area contributed by atoms with Gasteiger partial charge in [-0.25, -0.2) is 0 Å². The number of hydrogen-bond donors (Lipinski definition) is 1. The standard InChI is InChI=1S/C28H45N3O3S/c1-6-29-26(35)31(17-8-18-34-7-2)25(33)22-11-10-20-19-9-12-23-28(4,16-14-24(32)30(23)5)21(19)13-15-27(20,22)3/h14,16,19-23H,6-13,15,17-18H2,1-5H3,(H,29,35)/t19-,20-,21+,22?,23?,27-,28+/m0/s1. The molecule has 4 rings (SSSR count).